The van der Waals surface area contributed by atoms with Crippen LogP contribution in [-0.2, 0) is 10.4 Å². The van der Waals surface area contributed by atoms with Gasteiger partial charge in [0.2, 0.25) is 11.9 Å². The van der Waals surface area contributed by atoms with E-state index in [1.165, 1.54) is 18.3 Å². The Morgan fingerprint density at radius 2 is 1.95 bits per heavy atom. The predicted molar refractivity (Wildman–Crippen MR) is 162 cm³/mol. The van der Waals surface area contributed by atoms with Crippen molar-refractivity contribution in [1.29, 1.82) is 5.41 Å². The zero-order valence-corrected chi connectivity index (χ0v) is 24.6. The molecule has 2 fully saturated rings. The molecule has 2 aromatic heterocycles. The smallest absolute Gasteiger partial charge is 0.219 e. The minimum atomic E-state index is -1.22. The second-order valence-electron chi connectivity index (χ2n) is 11.7. The molecule has 3 atom stereocenters. The summed E-state index contributed by atoms with van der Waals surface area (Å²) >= 11 is 0. The first-order valence-electron chi connectivity index (χ1n) is 14.5. The number of allylic oxidation sites excluding steroid dienone is 1. The third kappa shape index (κ3) is 6.30. The van der Waals surface area contributed by atoms with Crippen LogP contribution in [0, 0.1) is 23.0 Å². The largest absolute Gasteiger partial charge is 0.385 e. The number of carbonyl (C=O) groups excluding carboxylic acids is 1. The molecule has 1 aromatic carbocycles. The molecule has 1 aliphatic carbocycles. The summed E-state index contributed by atoms with van der Waals surface area (Å²) in [6, 6.07) is 3.85. The number of halogens is 2. The second kappa shape index (κ2) is 12.2. The van der Waals surface area contributed by atoms with E-state index in [0.29, 0.717) is 43.3 Å². The van der Waals surface area contributed by atoms with E-state index in [-0.39, 0.29) is 35.2 Å². The number of anilines is 3. The number of rotatable bonds is 8. The summed E-state index contributed by atoms with van der Waals surface area (Å²) in [6.07, 6.45) is 10.3. The number of hydrogen-bond donors (Lipinski definition) is 5. The number of nitrogens with two attached hydrogens (primary N) is 1. The molecule has 0 radical (unpaired) electrons. The fraction of sp³-hybridized carbons (Fsp3) is 0.419. The van der Waals surface area contributed by atoms with Gasteiger partial charge < -0.3 is 36.4 Å². The van der Waals surface area contributed by atoms with Crippen molar-refractivity contribution in [2.45, 2.75) is 57.2 Å². The summed E-state index contributed by atoms with van der Waals surface area (Å²) in [5, 5.41) is 22.2. The van der Waals surface area contributed by atoms with Gasteiger partial charge in [0.15, 0.2) is 0 Å². The van der Waals surface area contributed by atoms with E-state index in [2.05, 4.69) is 32.1 Å². The number of H-pyrrole nitrogens is 1. The summed E-state index contributed by atoms with van der Waals surface area (Å²) in [5.74, 6) is -1.24. The highest BCUT2D eigenvalue weighted by Gasteiger charge is 2.37. The maximum Gasteiger partial charge on any atom is 0.219 e. The van der Waals surface area contributed by atoms with Crippen molar-refractivity contribution in [2.75, 3.05) is 30.4 Å². The van der Waals surface area contributed by atoms with Gasteiger partial charge in [-0.2, -0.15) is 0 Å². The molecule has 1 aliphatic heterocycles. The monoisotopic (exact) mass is 592 g/mol. The molecule has 6 N–H and O–H groups in total. The molecule has 43 heavy (non-hydrogen) atoms. The van der Waals surface area contributed by atoms with Crippen LogP contribution in [0.5, 0.6) is 0 Å². The number of aliphatic hydroxyl groups is 1. The lowest BCUT2D eigenvalue weighted by atomic mass is 9.88. The minimum absolute atomic E-state index is 0.0167. The van der Waals surface area contributed by atoms with Gasteiger partial charge in [0.1, 0.15) is 11.6 Å². The number of benzene rings is 1. The zero-order valence-electron chi connectivity index (χ0n) is 24.6. The maximum absolute atomic E-state index is 14.9. The van der Waals surface area contributed by atoms with Gasteiger partial charge in [-0.25, -0.2) is 13.8 Å². The normalized spacial score (nSPS) is 21.7. The Labute approximate surface area is 249 Å². The molecule has 228 valence electrons. The van der Waals surface area contributed by atoms with Crippen LogP contribution in [0.4, 0.5) is 26.1 Å². The molecular weight excluding hydrogens is 554 g/mol. The van der Waals surface area contributed by atoms with Gasteiger partial charge >= 0.3 is 0 Å². The van der Waals surface area contributed by atoms with Gasteiger partial charge in [0.05, 0.1) is 52.4 Å². The number of pyridine rings is 1. The van der Waals surface area contributed by atoms with E-state index < -0.39 is 22.8 Å². The Morgan fingerprint density at radius 1 is 1.26 bits per heavy atom. The van der Waals surface area contributed by atoms with E-state index in [1.54, 1.807) is 31.3 Å². The average Bonchev–Trinajstić information content (AvgIpc) is 3.60. The van der Waals surface area contributed by atoms with Crippen LogP contribution in [0.1, 0.15) is 56.4 Å². The van der Waals surface area contributed by atoms with Crippen LogP contribution >= 0.6 is 0 Å². The standard InChI is InChI=1S/C31H38F2N8O2/c1-18-16-41(17-25(35)29(18)40(3)19(2)42)27-8-11-36-15-26(27)39-30-37-14-21(38-30)6-7-24(34)28-22(32)12-20(13-23(28)33)31(43)9-4-5-10-31/h6-8,11-15,18,25,29,34,43H,4-5,9-10,16-17,35H2,1-3H3,(H2,37,38,39)/b7-6-,34-24?. The summed E-state index contributed by atoms with van der Waals surface area (Å²) < 4.78 is 29.8. The van der Waals surface area contributed by atoms with Crippen molar-refractivity contribution in [1.82, 2.24) is 19.9 Å². The van der Waals surface area contributed by atoms with Crippen molar-refractivity contribution in [3.63, 3.8) is 0 Å². The SMILES string of the molecule is CC(=O)N(C)C1C(C)CN(c2ccncc2Nc2ncc(/C=C\C(=N)c3c(F)cc(C4(O)CCCC4)cc3F)[nH]2)CC1N. The molecule has 5 rings (SSSR count). The quantitative estimate of drug-likeness (QED) is 0.245. The Morgan fingerprint density at radius 3 is 2.60 bits per heavy atom. The third-order valence-electron chi connectivity index (χ3n) is 8.60. The molecule has 1 saturated carbocycles. The highest BCUT2D eigenvalue weighted by Crippen LogP contribution is 2.39. The molecular formula is C31H38F2N8O2. The van der Waals surface area contributed by atoms with Gasteiger partial charge in [-0.1, -0.05) is 19.8 Å². The maximum atomic E-state index is 14.9. The van der Waals surface area contributed by atoms with Crippen molar-refractivity contribution < 1.29 is 18.7 Å². The van der Waals surface area contributed by atoms with Crippen LogP contribution in [0.3, 0.4) is 0 Å². The number of carbonyl (C=O) groups is 1. The molecule has 0 spiro atoms. The van der Waals surface area contributed by atoms with Gasteiger partial charge in [0, 0.05) is 39.3 Å². The molecule has 3 aromatic rings. The van der Waals surface area contributed by atoms with Gasteiger partial charge in [-0.15, -0.1) is 0 Å². The highest BCUT2D eigenvalue weighted by atomic mass is 19.1. The van der Waals surface area contributed by atoms with E-state index in [9.17, 15) is 18.7 Å². The molecule has 1 amide bonds. The second-order valence-corrected chi connectivity index (χ2v) is 11.7. The Kier molecular flexibility index (Phi) is 8.61. The Bertz CT molecular complexity index is 1500. The first-order chi connectivity index (χ1) is 20.5. The van der Waals surface area contributed by atoms with Gasteiger partial charge in [-0.3, -0.25) is 9.78 Å². The predicted octanol–water partition coefficient (Wildman–Crippen LogP) is 4.30. The highest BCUT2D eigenvalue weighted by molar-refractivity contribution is 6.09. The Hall–Kier alpha value is -4.16. The number of nitrogens with zero attached hydrogens (tertiary/aromatic N) is 4. The van der Waals surface area contributed by atoms with E-state index in [4.69, 9.17) is 11.1 Å². The van der Waals surface area contributed by atoms with Crippen LogP contribution in [0.25, 0.3) is 6.08 Å². The number of piperidine rings is 1. The molecule has 10 nitrogen and oxygen atoms in total. The summed E-state index contributed by atoms with van der Waals surface area (Å²) in [7, 11) is 1.79. The lowest BCUT2D eigenvalue weighted by Crippen LogP contribution is -2.62. The number of likely N-dealkylation sites (N-methyl/N-ethyl adjacent to an activating group) is 1. The Balaban J connectivity index is 1.28. The fourth-order valence-electron chi connectivity index (χ4n) is 6.36. The van der Waals surface area contributed by atoms with E-state index >= 15 is 0 Å². The number of hydrogen-bond acceptors (Lipinski definition) is 8. The zero-order chi connectivity index (χ0) is 30.9. The third-order valence-corrected chi connectivity index (χ3v) is 8.60. The minimum Gasteiger partial charge on any atom is -0.385 e. The topological polar surface area (TPSA) is 147 Å². The molecule has 12 heteroatoms. The summed E-state index contributed by atoms with van der Waals surface area (Å²) in [5.41, 5.74) is 6.81. The lowest BCUT2D eigenvalue weighted by Gasteiger charge is -2.46. The van der Waals surface area contributed by atoms with Crippen LogP contribution in [-0.4, -0.2) is 68.8 Å². The molecule has 3 unspecified atom stereocenters. The first kappa shape index (κ1) is 30.3. The van der Waals surface area contributed by atoms with Crippen molar-refractivity contribution in [3.05, 3.63) is 71.3 Å². The number of imidazole rings is 1. The van der Waals surface area contributed by atoms with Gasteiger partial charge in [0.25, 0.3) is 0 Å². The number of aromatic amines is 1. The van der Waals surface area contributed by atoms with E-state index in [1.807, 2.05) is 6.07 Å². The van der Waals surface area contributed by atoms with E-state index in [0.717, 1.165) is 30.7 Å². The lowest BCUT2D eigenvalue weighted by molar-refractivity contribution is -0.131. The summed E-state index contributed by atoms with van der Waals surface area (Å²) in [4.78, 5) is 27.5. The van der Waals surface area contributed by atoms with Crippen molar-refractivity contribution in [2.24, 2.45) is 11.7 Å². The average molecular weight is 593 g/mol. The molecule has 3 heterocycles. The summed E-state index contributed by atoms with van der Waals surface area (Å²) in [6.45, 7) is 4.87. The van der Waals surface area contributed by atoms with Crippen LogP contribution < -0.4 is 16.0 Å². The number of nitrogens with one attached hydrogen (secondary N) is 3. The first-order valence-corrected chi connectivity index (χ1v) is 14.5. The number of aromatic nitrogens is 3. The van der Waals surface area contributed by atoms with Gasteiger partial charge in [-0.05, 0) is 54.7 Å². The van der Waals surface area contributed by atoms with Crippen LogP contribution in [0.15, 0.2) is 42.9 Å². The molecule has 1 saturated heterocycles. The number of amides is 1. The fourth-order valence-corrected chi connectivity index (χ4v) is 6.36. The van der Waals surface area contributed by atoms with Crippen molar-refractivity contribution >= 4 is 35.0 Å². The van der Waals surface area contributed by atoms with Crippen LogP contribution in [0.2, 0.25) is 0 Å². The molecule has 2 aliphatic rings. The van der Waals surface area contributed by atoms with Crippen molar-refractivity contribution in [3.8, 4) is 0 Å². The molecule has 0 bridgehead atoms.